The molecule has 0 fully saturated rings. The number of esters is 1. The third-order valence-corrected chi connectivity index (χ3v) is 2.90. The molecule has 0 aliphatic heterocycles. The summed E-state index contributed by atoms with van der Waals surface area (Å²) in [6.07, 6.45) is -3.43. The lowest BCUT2D eigenvalue weighted by Gasteiger charge is -2.19. The standard InChI is InChI=1S/C12H16N2O6/c1-6-3-7(14(18)19)4-8(11(6)13)12(17)9(15)5-10(16)20-2/h3-4,9,12,15,17H,5,13H2,1-2H3. The molecule has 8 nitrogen and oxygen atoms in total. The van der Waals surface area contributed by atoms with Crippen LogP contribution in [0.2, 0.25) is 0 Å². The van der Waals surface area contributed by atoms with E-state index in [0.29, 0.717) is 5.56 Å². The molecule has 0 spiro atoms. The fraction of sp³-hybridized carbons (Fsp3) is 0.417. The average molecular weight is 284 g/mol. The number of nitrogens with zero attached hydrogens (tertiary/aromatic N) is 1. The van der Waals surface area contributed by atoms with Gasteiger partial charge in [-0.1, -0.05) is 0 Å². The van der Waals surface area contributed by atoms with Gasteiger partial charge < -0.3 is 20.7 Å². The molecule has 8 heteroatoms. The SMILES string of the molecule is COC(=O)CC(O)C(O)c1cc([N+](=O)[O-])cc(C)c1N. The fourth-order valence-electron chi connectivity index (χ4n) is 1.73. The summed E-state index contributed by atoms with van der Waals surface area (Å²) in [5, 5.41) is 30.5. The van der Waals surface area contributed by atoms with Gasteiger partial charge in [-0.25, -0.2) is 0 Å². The van der Waals surface area contributed by atoms with E-state index in [-0.39, 0.29) is 16.9 Å². The van der Waals surface area contributed by atoms with Gasteiger partial charge in [0.05, 0.1) is 24.6 Å². The maximum atomic E-state index is 11.1. The number of hydrogen-bond donors (Lipinski definition) is 3. The van der Waals surface area contributed by atoms with Crippen LogP contribution in [0.1, 0.15) is 23.7 Å². The lowest BCUT2D eigenvalue weighted by atomic mass is 9.97. The van der Waals surface area contributed by atoms with Crippen LogP contribution in [-0.4, -0.2) is 34.3 Å². The minimum Gasteiger partial charge on any atom is -0.469 e. The number of rotatable bonds is 5. The Morgan fingerprint density at radius 2 is 2.10 bits per heavy atom. The van der Waals surface area contributed by atoms with E-state index in [2.05, 4.69) is 4.74 Å². The van der Waals surface area contributed by atoms with Gasteiger partial charge in [-0.3, -0.25) is 14.9 Å². The van der Waals surface area contributed by atoms with Crippen LogP contribution < -0.4 is 5.73 Å². The molecule has 2 atom stereocenters. The molecular formula is C12H16N2O6. The van der Waals surface area contributed by atoms with E-state index in [4.69, 9.17) is 5.73 Å². The number of nitro groups is 1. The van der Waals surface area contributed by atoms with Gasteiger partial charge in [-0.2, -0.15) is 0 Å². The summed E-state index contributed by atoms with van der Waals surface area (Å²) in [6.45, 7) is 1.55. The molecule has 20 heavy (non-hydrogen) atoms. The van der Waals surface area contributed by atoms with E-state index in [1.807, 2.05) is 0 Å². The summed E-state index contributed by atoms with van der Waals surface area (Å²) in [5.41, 5.74) is 6.03. The number of methoxy groups -OCH3 is 1. The van der Waals surface area contributed by atoms with Crippen molar-refractivity contribution in [1.29, 1.82) is 0 Å². The Labute approximate surface area is 114 Å². The number of non-ortho nitro benzene ring substituents is 1. The number of anilines is 1. The fourth-order valence-corrected chi connectivity index (χ4v) is 1.73. The van der Waals surface area contributed by atoms with Crippen LogP contribution in [0.15, 0.2) is 12.1 Å². The maximum Gasteiger partial charge on any atom is 0.308 e. The number of hydrogen-bond acceptors (Lipinski definition) is 7. The molecular weight excluding hydrogens is 268 g/mol. The molecule has 0 radical (unpaired) electrons. The molecule has 1 rings (SSSR count). The molecule has 1 aromatic carbocycles. The summed E-state index contributed by atoms with van der Waals surface area (Å²) < 4.78 is 4.37. The van der Waals surface area contributed by atoms with Crippen LogP contribution in [0.25, 0.3) is 0 Å². The zero-order chi connectivity index (χ0) is 15.4. The Kier molecular flexibility index (Phi) is 5.00. The predicted octanol–water partition coefficient (Wildman–Crippen LogP) is 0.443. The van der Waals surface area contributed by atoms with Crippen molar-refractivity contribution in [2.24, 2.45) is 0 Å². The van der Waals surface area contributed by atoms with Crippen LogP contribution >= 0.6 is 0 Å². The highest BCUT2D eigenvalue weighted by atomic mass is 16.6. The minimum atomic E-state index is -1.52. The first kappa shape index (κ1) is 15.9. The van der Waals surface area contributed by atoms with Crippen molar-refractivity contribution in [2.75, 3.05) is 12.8 Å². The van der Waals surface area contributed by atoms with Crippen LogP contribution in [0.4, 0.5) is 11.4 Å². The molecule has 0 heterocycles. The Hall–Kier alpha value is -2.19. The number of nitrogen functional groups attached to an aromatic ring is 1. The summed E-state index contributed by atoms with van der Waals surface area (Å²) in [4.78, 5) is 21.2. The second-order valence-electron chi connectivity index (χ2n) is 4.32. The number of ether oxygens (including phenoxy) is 1. The van der Waals surface area contributed by atoms with Gasteiger partial charge in [0.1, 0.15) is 6.10 Å². The summed E-state index contributed by atoms with van der Waals surface area (Å²) in [6, 6.07) is 2.34. The molecule has 0 aromatic heterocycles. The molecule has 1 aromatic rings. The van der Waals surface area contributed by atoms with E-state index < -0.39 is 29.5 Å². The number of benzene rings is 1. The number of carbonyl (C=O) groups is 1. The van der Waals surface area contributed by atoms with E-state index in [0.717, 1.165) is 13.2 Å². The number of nitrogens with two attached hydrogens (primary N) is 1. The van der Waals surface area contributed by atoms with Gasteiger partial charge in [-0.15, -0.1) is 0 Å². The van der Waals surface area contributed by atoms with Gasteiger partial charge in [0.2, 0.25) is 0 Å². The van der Waals surface area contributed by atoms with Gasteiger partial charge >= 0.3 is 5.97 Å². The highest BCUT2D eigenvalue weighted by molar-refractivity contribution is 5.70. The Morgan fingerprint density at radius 1 is 1.50 bits per heavy atom. The molecule has 4 N–H and O–H groups in total. The molecule has 0 amide bonds. The number of aliphatic hydroxyl groups is 2. The first-order chi connectivity index (χ1) is 9.27. The first-order valence-electron chi connectivity index (χ1n) is 5.75. The topological polar surface area (TPSA) is 136 Å². The predicted molar refractivity (Wildman–Crippen MR) is 69.8 cm³/mol. The van der Waals surface area contributed by atoms with Crippen molar-refractivity contribution in [3.8, 4) is 0 Å². The molecule has 2 unspecified atom stereocenters. The average Bonchev–Trinajstić information content (AvgIpc) is 2.40. The number of aryl methyl sites for hydroxylation is 1. The number of aliphatic hydroxyl groups excluding tert-OH is 2. The number of carbonyl (C=O) groups excluding carboxylic acids is 1. The first-order valence-corrected chi connectivity index (χ1v) is 5.75. The second kappa shape index (κ2) is 6.31. The van der Waals surface area contributed by atoms with Crippen LogP contribution in [-0.2, 0) is 9.53 Å². The molecule has 0 aliphatic carbocycles. The van der Waals surface area contributed by atoms with Crippen molar-refractivity contribution in [3.05, 3.63) is 33.4 Å². The highest BCUT2D eigenvalue weighted by Gasteiger charge is 2.26. The largest absolute Gasteiger partial charge is 0.469 e. The minimum absolute atomic E-state index is 0.00750. The monoisotopic (exact) mass is 284 g/mol. The number of nitro benzene ring substituents is 1. The highest BCUT2D eigenvalue weighted by Crippen LogP contribution is 2.31. The Bertz CT molecular complexity index is 531. The third-order valence-electron chi connectivity index (χ3n) is 2.90. The van der Waals surface area contributed by atoms with Crippen LogP contribution in [0.5, 0.6) is 0 Å². The van der Waals surface area contributed by atoms with Gasteiger partial charge in [0, 0.05) is 23.4 Å². The van der Waals surface area contributed by atoms with E-state index >= 15 is 0 Å². The van der Waals surface area contributed by atoms with Gasteiger partial charge in [0.15, 0.2) is 0 Å². The Morgan fingerprint density at radius 3 is 2.60 bits per heavy atom. The summed E-state index contributed by atoms with van der Waals surface area (Å²) in [5.74, 6) is -0.711. The normalized spacial score (nSPS) is 13.6. The van der Waals surface area contributed by atoms with E-state index in [1.54, 1.807) is 6.92 Å². The molecule has 0 saturated heterocycles. The molecule has 0 aliphatic rings. The zero-order valence-corrected chi connectivity index (χ0v) is 11.1. The van der Waals surface area contributed by atoms with Crippen LogP contribution in [0.3, 0.4) is 0 Å². The van der Waals surface area contributed by atoms with Gasteiger partial charge in [0.25, 0.3) is 5.69 Å². The van der Waals surface area contributed by atoms with Crippen molar-refractivity contribution in [3.63, 3.8) is 0 Å². The zero-order valence-electron chi connectivity index (χ0n) is 11.1. The summed E-state index contributed by atoms with van der Waals surface area (Å²) >= 11 is 0. The lowest BCUT2D eigenvalue weighted by molar-refractivity contribution is -0.385. The lowest BCUT2D eigenvalue weighted by Crippen LogP contribution is -2.23. The van der Waals surface area contributed by atoms with Crippen LogP contribution in [0, 0.1) is 17.0 Å². The second-order valence-corrected chi connectivity index (χ2v) is 4.32. The summed E-state index contributed by atoms with van der Waals surface area (Å²) in [7, 11) is 1.15. The molecule has 110 valence electrons. The van der Waals surface area contributed by atoms with E-state index in [1.165, 1.54) is 6.07 Å². The van der Waals surface area contributed by atoms with Crippen molar-refractivity contribution >= 4 is 17.3 Å². The van der Waals surface area contributed by atoms with Crippen molar-refractivity contribution in [2.45, 2.75) is 25.6 Å². The molecule has 0 bridgehead atoms. The smallest absolute Gasteiger partial charge is 0.308 e. The van der Waals surface area contributed by atoms with Crippen molar-refractivity contribution < 1.29 is 24.7 Å². The van der Waals surface area contributed by atoms with Gasteiger partial charge in [-0.05, 0) is 12.5 Å². The van der Waals surface area contributed by atoms with E-state index in [9.17, 15) is 25.1 Å². The Balaban J connectivity index is 3.11. The van der Waals surface area contributed by atoms with Crippen molar-refractivity contribution in [1.82, 2.24) is 0 Å². The molecule has 0 saturated carbocycles. The third kappa shape index (κ3) is 3.43. The maximum absolute atomic E-state index is 11.1. The quantitative estimate of drug-likeness (QED) is 0.309.